The van der Waals surface area contributed by atoms with E-state index >= 15 is 0 Å². The first-order valence-corrected chi connectivity index (χ1v) is 8.33. The Labute approximate surface area is 135 Å². The number of amides is 1. The van der Waals surface area contributed by atoms with Crippen LogP contribution in [-0.4, -0.2) is 30.6 Å². The van der Waals surface area contributed by atoms with Gasteiger partial charge in [-0.3, -0.25) is 4.79 Å². The van der Waals surface area contributed by atoms with Crippen molar-refractivity contribution >= 4 is 27.5 Å². The van der Waals surface area contributed by atoms with Crippen LogP contribution in [-0.2, 0) is 9.53 Å². The second kappa shape index (κ2) is 9.05. The van der Waals surface area contributed by atoms with Crippen LogP contribution in [0.15, 0.2) is 24.3 Å². The number of benzene rings is 1. The zero-order chi connectivity index (χ0) is 15.7. The molecule has 1 aromatic carbocycles. The number of halogens is 1. The van der Waals surface area contributed by atoms with Crippen LogP contribution in [0.5, 0.6) is 5.75 Å². The van der Waals surface area contributed by atoms with Gasteiger partial charge >= 0.3 is 0 Å². The second-order valence-corrected chi connectivity index (χ2v) is 5.85. The lowest BCUT2D eigenvalue weighted by atomic mass is 9.97. The number of unbranched alkanes of at least 4 members (excludes halogenated alkanes) is 1. The molecule has 0 saturated heterocycles. The summed E-state index contributed by atoms with van der Waals surface area (Å²) in [6.07, 6.45) is 2.70. The third kappa shape index (κ3) is 5.67. The molecule has 1 rings (SSSR count). The van der Waals surface area contributed by atoms with Gasteiger partial charge in [0.15, 0.2) is 0 Å². The van der Waals surface area contributed by atoms with E-state index in [-0.39, 0.29) is 5.91 Å². The van der Waals surface area contributed by atoms with Crippen LogP contribution in [0.4, 0.5) is 5.69 Å². The molecule has 1 N–H and O–H groups in total. The molecule has 0 fully saturated rings. The van der Waals surface area contributed by atoms with E-state index in [4.69, 9.17) is 9.47 Å². The summed E-state index contributed by atoms with van der Waals surface area (Å²) in [5, 5.41) is 3.68. The SMILES string of the molecule is CCCCC(C)(OC)C(=O)Nc1ccc(OCCBr)cc1. The second-order valence-electron chi connectivity index (χ2n) is 5.05. The van der Waals surface area contributed by atoms with Crippen molar-refractivity contribution in [2.75, 3.05) is 24.4 Å². The Hall–Kier alpha value is -1.07. The number of carbonyl (C=O) groups excluding carboxylic acids is 1. The van der Waals surface area contributed by atoms with Crippen LogP contribution in [0.25, 0.3) is 0 Å². The minimum atomic E-state index is -0.791. The molecule has 118 valence electrons. The molecule has 21 heavy (non-hydrogen) atoms. The number of anilines is 1. The van der Waals surface area contributed by atoms with Crippen molar-refractivity contribution in [3.05, 3.63) is 24.3 Å². The first-order chi connectivity index (χ1) is 10.1. The molecule has 0 aliphatic heterocycles. The first kappa shape index (κ1) is 18.0. The molecule has 0 bridgehead atoms. The smallest absolute Gasteiger partial charge is 0.256 e. The van der Waals surface area contributed by atoms with Crippen molar-refractivity contribution < 1.29 is 14.3 Å². The average Bonchev–Trinajstić information content (AvgIpc) is 2.51. The van der Waals surface area contributed by atoms with Gasteiger partial charge in [0.05, 0.1) is 6.61 Å². The number of alkyl halides is 1. The van der Waals surface area contributed by atoms with Gasteiger partial charge in [0.25, 0.3) is 5.91 Å². The van der Waals surface area contributed by atoms with Crippen LogP contribution in [0.1, 0.15) is 33.1 Å². The third-order valence-electron chi connectivity index (χ3n) is 3.40. The molecule has 0 heterocycles. The maximum atomic E-state index is 12.4. The molecular weight excluding hydrogens is 334 g/mol. The minimum absolute atomic E-state index is 0.118. The summed E-state index contributed by atoms with van der Waals surface area (Å²) in [7, 11) is 1.58. The summed E-state index contributed by atoms with van der Waals surface area (Å²) in [6, 6.07) is 7.34. The Balaban J connectivity index is 2.64. The molecule has 1 atom stereocenters. The minimum Gasteiger partial charge on any atom is -0.493 e. The summed E-state index contributed by atoms with van der Waals surface area (Å²) < 4.78 is 10.9. The van der Waals surface area contributed by atoms with Gasteiger partial charge in [-0.15, -0.1) is 0 Å². The normalized spacial score (nSPS) is 13.5. The van der Waals surface area contributed by atoms with Gasteiger partial charge in [0, 0.05) is 18.1 Å². The molecular formula is C16H24BrNO3. The van der Waals surface area contributed by atoms with E-state index in [1.165, 1.54) is 0 Å². The highest BCUT2D eigenvalue weighted by Crippen LogP contribution is 2.22. The Bertz CT molecular complexity index is 436. The lowest BCUT2D eigenvalue weighted by molar-refractivity contribution is -0.136. The highest BCUT2D eigenvalue weighted by molar-refractivity contribution is 9.09. The average molecular weight is 358 g/mol. The molecule has 1 amide bonds. The summed E-state index contributed by atoms with van der Waals surface area (Å²) in [4.78, 5) is 12.4. The van der Waals surface area contributed by atoms with Gasteiger partial charge in [0.2, 0.25) is 0 Å². The molecule has 5 heteroatoms. The van der Waals surface area contributed by atoms with Crippen molar-refractivity contribution in [3.8, 4) is 5.75 Å². The van der Waals surface area contributed by atoms with E-state index in [0.717, 1.165) is 29.6 Å². The largest absolute Gasteiger partial charge is 0.493 e. The first-order valence-electron chi connectivity index (χ1n) is 7.21. The zero-order valence-corrected chi connectivity index (χ0v) is 14.5. The predicted octanol–water partition coefficient (Wildman–Crippen LogP) is 3.99. The van der Waals surface area contributed by atoms with Crippen LogP contribution >= 0.6 is 15.9 Å². The fraction of sp³-hybridized carbons (Fsp3) is 0.562. The quantitative estimate of drug-likeness (QED) is 0.679. The fourth-order valence-corrected chi connectivity index (χ4v) is 2.04. The molecule has 0 saturated carbocycles. The standard InChI is InChI=1S/C16H24BrNO3/c1-4-5-10-16(2,20-3)15(19)18-13-6-8-14(9-7-13)21-12-11-17/h6-9H,4-5,10-12H2,1-3H3,(H,18,19). The topological polar surface area (TPSA) is 47.6 Å². The lowest BCUT2D eigenvalue weighted by Gasteiger charge is -2.26. The molecule has 0 radical (unpaired) electrons. The number of rotatable bonds is 9. The highest BCUT2D eigenvalue weighted by Gasteiger charge is 2.32. The Kier molecular flexibility index (Phi) is 7.75. The summed E-state index contributed by atoms with van der Waals surface area (Å²) in [5.74, 6) is 0.667. The monoisotopic (exact) mass is 357 g/mol. The van der Waals surface area contributed by atoms with Crippen molar-refractivity contribution in [1.29, 1.82) is 0 Å². The van der Waals surface area contributed by atoms with Gasteiger partial charge in [0.1, 0.15) is 11.4 Å². The van der Waals surface area contributed by atoms with Crippen LogP contribution in [0.2, 0.25) is 0 Å². The molecule has 1 unspecified atom stereocenters. The predicted molar refractivity (Wildman–Crippen MR) is 89.3 cm³/mol. The van der Waals surface area contributed by atoms with E-state index < -0.39 is 5.60 Å². The lowest BCUT2D eigenvalue weighted by Crippen LogP contribution is -2.41. The summed E-state index contributed by atoms with van der Waals surface area (Å²) in [6.45, 7) is 4.54. The fourth-order valence-electron chi connectivity index (χ4n) is 1.88. The zero-order valence-electron chi connectivity index (χ0n) is 12.9. The molecule has 0 spiro atoms. The summed E-state index contributed by atoms with van der Waals surface area (Å²) >= 11 is 3.31. The summed E-state index contributed by atoms with van der Waals surface area (Å²) in [5.41, 5.74) is -0.0489. The number of hydrogen-bond donors (Lipinski definition) is 1. The van der Waals surface area contributed by atoms with Crippen LogP contribution < -0.4 is 10.1 Å². The molecule has 0 aromatic heterocycles. The van der Waals surface area contributed by atoms with Crippen LogP contribution in [0.3, 0.4) is 0 Å². The van der Waals surface area contributed by atoms with Gasteiger partial charge in [-0.1, -0.05) is 35.7 Å². The van der Waals surface area contributed by atoms with E-state index in [9.17, 15) is 4.79 Å². The van der Waals surface area contributed by atoms with E-state index in [0.29, 0.717) is 13.0 Å². The van der Waals surface area contributed by atoms with Crippen LogP contribution in [0, 0.1) is 0 Å². The van der Waals surface area contributed by atoms with Crippen molar-refractivity contribution in [2.24, 2.45) is 0 Å². The maximum absolute atomic E-state index is 12.4. The van der Waals surface area contributed by atoms with Gasteiger partial charge in [-0.2, -0.15) is 0 Å². The van der Waals surface area contributed by atoms with E-state index in [1.807, 2.05) is 31.2 Å². The third-order valence-corrected chi connectivity index (χ3v) is 3.72. The van der Waals surface area contributed by atoms with Crippen molar-refractivity contribution in [1.82, 2.24) is 0 Å². The highest BCUT2D eigenvalue weighted by atomic mass is 79.9. The molecule has 4 nitrogen and oxygen atoms in total. The molecule has 0 aliphatic rings. The molecule has 0 aliphatic carbocycles. The Morgan fingerprint density at radius 2 is 2.00 bits per heavy atom. The number of nitrogens with one attached hydrogen (secondary N) is 1. The number of hydrogen-bond acceptors (Lipinski definition) is 3. The van der Waals surface area contributed by atoms with Gasteiger partial charge < -0.3 is 14.8 Å². The number of methoxy groups -OCH3 is 1. The van der Waals surface area contributed by atoms with E-state index in [2.05, 4.69) is 28.2 Å². The molecule has 1 aromatic rings. The van der Waals surface area contributed by atoms with Gasteiger partial charge in [-0.05, 0) is 37.6 Å². The Morgan fingerprint density at radius 3 is 2.52 bits per heavy atom. The maximum Gasteiger partial charge on any atom is 0.256 e. The Morgan fingerprint density at radius 1 is 1.33 bits per heavy atom. The van der Waals surface area contributed by atoms with Crippen molar-refractivity contribution in [3.63, 3.8) is 0 Å². The van der Waals surface area contributed by atoms with Crippen molar-refractivity contribution in [2.45, 2.75) is 38.7 Å². The number of carbonyl (C=O) groups is 1. The van der Waals surface area contributed by atoms with E-state index in [1.54, 1.807) is 7.11 Å². The number of ether oxygens (including phenoxy) is 2. The van der Waals surface area contributed by atoms with Gasteiger partial charge in [-0.25, -0.2) is 0 Å².